The molecule has 2 N–H and O–H groups in total. The van der Waals surface area contributed by atoms with E-state index in [1.54, 1.807) is 26.8 Å². The standard InChI is InChI=1S/C12H14BBrN2O4/c1-12(2,3)20-11(17)16-6-8(13(18)19)7-4-10(14)15-5-9(7)16/h4-6,18-19H,1-3H3. The molecule has 2 rings (SSSR count). The van der Waals surface area contributed by atoms with Gasteiger partial charge in [0.1, 0.15) is 10.2 Å². The van der Waals surface area contributed by atoms with Gasteiger partial charge in [0.15, 0.2) is 0 Å². The van der Waals surface area contributed by atoms with E-state index in [4.69, 9.17) is 4.74 Å². The van der Waals surface area contributed by atoms with Crippen LogP contribution in [0.3, 0.4) is 0 Å². The van der Waals surface area contributed by atoms with Gasteiger partial charge < -0.3 is 14.8 Å². The molecule has 0 aliphatic carbocycles. The van der Waals surface area contributed by atoms with E-state index >= 15 is 0 Å². The van der Waals surface area contributed by atoms with E-state index in [1.807, 2.05) is 0 Å². The lowest BCUT2D eigenvalue weighted by atomic mass is 9.80. The van der Waals surface area contributed by atoms with Gasteiger partial charge in [0.05, 0.1) is 11.7 Å². The molecule has 2 aromatic heterocycles. The first-order chi connectivity index (χ1) is 9.19. The van der Waals surface area contributed by atoms with Crippen LogP contribution in [-0.4, -0.2) is 38.4 Å². The van der Waals surface area contributed by atoms with E-state index in [9.17, 15) is 14.8 Å². The Labute approximate surface area is 124 Å². The second-order valence-corrected chi connectivity index (χ2v) is 6.15. The van der Waals surface area contributed by atoms with Crippen molar-refractivity contribution in [3.05, 3.63) is 23.1 Å². The molecule has 0 fully saturated rings. The van der Waals surface area contributed by atoms with Gasteiger partial charge in [-0.2, -0.15) is 0 Å². The second kappa shape index (κ2) is 5.19. The summed E-state index contributed by atoms with van der Waals surface area (Å²) in [6, 6.07) is 1.62. The zero-order valence-electron chi connectivity index (χ0n) is 11.3. The number of pyridine rings is 1. The maximum atomic E-state index is 12.1. The average Bonchev–Trinajstić information content (AvgIpc) is 2.65. The highest BCUT2D eigenvalue weighted by molar-refractivity contribution is 9.10. The number of nitrogens with zero attached hydrogens (tertiary/aromatic N) is 2. The summed E-state index contributed by atoms with van der Waals surface area (Å²) in [7, 11) is -1.68. The number of hydrogen-bond acceptors (Lipinski definition) is 5. The Balaban J connectivity index is 2.57. The van der Waals surface area contributed by atoms with Crippen LogP contribution in [0.4, 0.5) is 4.79 Å². The van der Waals surface area contributed by atoms with Crippen LogP contribution >= 0.6 is 15.9 Å². The van der Waals surface area contributed by atoms with Gasteiger partial charge in [-0.15, -0.1) is 0 Å². The molecule has 0 unspecified atom stereocenters. The van der Waals surface area contributed by atoms with Crippen LogP contribution in [0.2, 0.25) is 0 Å². The highest BCUT2D eigenvalue weighted by atomic mass is 79.9. The highest BCUT2D eigenvalue weighted by Gasteiger charge is 2.24. The fourth-order valence-corrected chi connectivity index (χ4v) is 2.12. The lowest BCUT2D eigenvalue weighted by molar-refractivity contribution is 0.0544. The summed E-state index contributed by atoms with van der Waals surface area (Å²) < 4.78 is 7.03. The van der Waals surface area contributed by atoms with Crippen molar-refractivity contribution >= 4 is 45.5 Å². The Morgan fingerprint density at radius 3 is 2.65 bits per heavy atom. The molecule has 6 nitrogen and oxygen atoms in total. The molecule has 0 spiro atoms. The summed E-state index contributed by atoms with van der Waals surface area (Å²) in [5, 5.41) is 19.3. The first-order valence-electron chi connectivity index (χ1n) is 5.95. The van der Waals surface area contributed by atoms with Crippen LogP contribution in [0.5, 0.6) is 0 Å². The fourth-order valence-electron chi connectivity index (χ4n) is 1.79. The van der Waals surface area contributed by atoms with Crippen LogP contribution in [0.15, 0.2) is 23.1 Å². The number of aromatic nitrogens is 2. The van der Waals surface area contributed by atoms with E-state index < -0.39 is 18.8 Å². The molecule has 0 radical (unpaired) electrons. The number of hydrogen-bond donors (Lipinski definition) is 2. The zero-order valence-corrected chi connectivity index (χ0v) is 12.9. The van der Waals surface area contributed by atoms with Gasteiger partial charge >= 0.3 is 13.2 Å². The van der Waals surface area contributed by atoms with Crippen LogP contribution < -0.4 is 5.46 Å². The molecule has 20 heavy (non-hydrogen) atoms. The third-order valence-electron chi connectivity index (χ3n) is 2.56. The van der Waals surface area contributed by atoms with E-state index in [0.29, 0.717) is 15.5 Å². The van der Waals surface area contributed by atoms with E-state index in [-0.39, 0.29) is 5.46 Å². The van der Waals surface area contributed by atoms with Crippen molar-refractivity contribution in [2.45, 2.75) is 26.4 Å². The Morgan fingerprint density at radius 1 is 1.45 bits per heavy atom. The molecule has 0 bridgehead atoms. The molecule has 0 amide bonds. The Hall–Kier alpha value is -1.38. The Morgan fingerprint density at radius 2 is 2.10 bits per heavy atom. The van der Waals surface area contributed by atoms with Crippen molar-refractivity contribution in [2.75, 3.05) is 0 Å². The molecule has 0 saturated heterocycles. The van der Waals surface area contributed by atoms with Crippen molar-refractivity contribution in [2.24, 2.45) is 0 Å². The smallest absolute Gasteiger partial charge is 0.443 e. The minimum atomic E-state index is -1.68. The van der Waals surface area contributed by atoms with Crippen molar-refractivity contribution in [3.8, 4) is 0 Å². The summed E-state index contributed by atoms with van der Waals surface area (Å²) in [6.07, 6.45) is 2.21. The third-order valence-corrected chi connectivity index (χ3v) is 2.99. The van der Waals surface area contributed by atoms with Gasteiger partial charge in [-0.05, 0) is 42.8 Å². The zero-order chi connectivity index (χ0) is 15.1. The summed E-state index contributed by atoms with van der Waals surface area (Å²) in [5.41, 5.74) is 0.0218. The second-order valence-electron chi connectivity index (χ2n) is 5.33. The van der Waals surface area contributed by atoms with Crippen molar-refractivity contribution in [1.29, 1.82) is 0 Å². The molecule has 8 heteroatoms. The molecular weight excluding hydrogens is 327 g/mol. The molecule has 106 valence electrons. The summed E-state index contributed by atoms with van der Waals surface area (Å²) in [6.45, 7) is 5.27. The number of carbonyl (C=O) groups is 1. The van der Waals surface area contributed by atoms with E-state index in [1.165, 1.54) is 17.0 Å². The van der Waals surface area contributed by atoms with Crippen molar-refractivity contribution in [1.82, 2.24) is 9.55 Å². The highest BCUT2D eigenvalue weighted by Crippen LogP contribution is 2.19. The average molecular weight is 341 g/mol. The topological polar surface area (TPSA) is 84.6 Å². The first kappa shape index (κ1) is 15.0. The summed E-state index contributed by atoms with van der Waals surface area (Å²) in [4.78, 5) is 16.2. The molecule has 0 saturated carbocycles. The molecule has 0 aliphatic rings. The number of fused-ring (bicyclic) bond motifs is 1. The van der Waals surface area contributed by atoms with Crippen molar-refractivity contribution in [3.63, 3.8) is 0 Å². The number of carbonyl (C=O) groups excluding carboxylic acids is 1. The van der Waals surface area contributed by atoms with Gasteiger partial charge in [0.25, 0.3) is 0 Å². The van der Waals surface area contributed by atoms with Gasteiger partial charge in [0.2, 0.25) is 0 Å². The van der Waals surface area contributed by atoms with Gasteiger partial charge in [0, 0.05) is 17.0 Å². The number of ether oxygens (including phenoxy) is 1. The summed E-state index contributed by atoms with van der Waals surface area (Å²) in [5.74, 6) is 0. The first-order valence-corrected chi connectivity index (χ1v) is 6.74. The Bertz CT molecular complexity index is 663. The lowest BCUT2D eigenvalue weighted by Gasteiger charge is -2.19. The lowest BCUT2D eigenvalue weighted by Crippen LogP contribution is -2.30. The van der Waals surface area contributed by atoms with E-state index in [0.717, 1.165) is 0 Å². The minimum Gasteiger partial charge on any atom is -0.443 e. The third kappa shape index (κ3) is 3.03. The quantitative estimate of drug-likeness (QED) is 0.603. The molecular formula is C12H14BBrN2O4. The SMILES string of the molecule is CC(C)(C)OC(=O)n1cc(B(O)O)c2cc(Br)ncc21. The molecule has 0 aliphatic heterocycles. The number of rotatable bonds is 1. The van der Waals surface area contributed by atoms with Gasteiger partial charge in [-0.1, -0.05) is 0 Å². The van der Waals surface area contributed by atoms with Crippen LogP contribution in [0, 0.1) is 0 Å². The van der Waals surface area contributed by atoms with E-state index in [2.05, 4.69) is 20.9 Å². The number of halogens is 1. The predicted molar refractivity (Wildman–Crippen MR) is 78.9 cm³/mol. The molecule has 0 aromatic carbocycles. The van der Waals surface area contributed by atoms with Gasteiger partial charge in [-0.3, -0.25) is 4.57 Å². The Kier molecular flexibility index (Phi) is 3.90. The molecule has 0 atom stereocenters. The fraction of sp³-hybridized carbons (Fsp3) is 0.333. The monoisotopic (exact) mass is 340 g/mol. The van der Waals surface area contributed by atoms with Gasteiger partial charge in [-0.25, -0.2) is 9.78 Å². The molecule has 2 heterocycles. The minimum absolute atomic E-state index is 0.217. The maximum absolute atomic E-state index is 12.1. The largest absolute Gasteiger partial charge is 0.490 e. The van der Waals surface area contributed by atoms with Crippen LogP contribution in [0.1, 0.15) is 20.8 Å². The van der Waals surface area contributed by atoms with Crippen LogP contribution in [-0.2, 0) is 4.74 Å². The summed E-state index contributed by atoms with van der Waals surface area (Å²) >= 11 is 3.21. The maximum Gasteiger partial charge on any atom is 0.490 e. The predicted octanol–water partition coefficient (Wildman–Crippen LogP) is 1.26. The molecule has 2 aromatic rings. The van der Waals surface area contributed by atoms with Crippen molar-refractivity contribution < 1.29 is 19.6 Å². The van der Waals surface area contributed by atoms with Crippen LogP contribution in [0.25, 0.3) is 10.9 Å². The normalized spacial score (nSPS) is 11.7.